The molecule has 0 unspecified atom stereocenters. The Morgan fingerprint density at radius 2 is 1.55 bits per heavy atom. The van der Waals surface area contributed by atoms with E-state index in [9.17, 15) is 18.0 Å². The van der Waals surface area contributed by atoms with E-state index in [1.807, 2.05) is 19.1 Å². The second kappa shape index (κ2) is 10.0. The first-order valence-electron chi connectivity index (χ1n) is 9.33. The fourth-order valence-electron chi connectivity index (χ4n) is 2.75. The van der Waals surface area contributed by atoms with Crippen LogP contribution in [0, 0.1) is 0 Å². The van der Waals surface area contributed by atoms with Crippen molar-refractivity contribution in [3.63, 3.8) is 0 Å². The molecule has 0 heterocycles. The van der Waals surface area contributed by atoms with Crippen LogP contribution >= 0.6 is 11.6 Å². The van der Waals surface area contributed by atoms with Gasteiger partial charge in [-0.1, -0.05) is 56.6 Å². The van der Waals surface area contributed by atoms with Crippen LogP contribution in [-0.2, 0) is 21.2 Å². The summed E-state index contributed by atoms with van der Waals surface area (Å²) in [5.74, 6) is -1.14. The molecule has 29 heavy (non-hydrogen) atoms. The van der Waals surface area contributed by atoms with Crippen LogP contribution in [0.4, 0.5) is 0 Å². The highest BCUT2D eigenvalue weighted by atomic mass is 35.5. The van der Waals surface area contributed by atoms with E-state index in [4.69, 9.17) is 16.3 Å². The summed E-state index contributed by atoms with van der Waals surface area (Å²) in [7, 11) is -3.84. The van der Waals surface area contributed by atoms with E-state index in [0.29, 0.717) is 5.56 Å². The van der Waals surface area contributed by atoms with E-state index in [2.05, 4.69) is 0 Å². The van der Waals surface area contributed by atoms with Crippen molar-refractivity contribution < 1.29 is 22.7 Å². The van der Waals surface area contributed by atoms with Crippen molar-refractivity contribution in [3.05, 3.63) is 64.2 Å². The molecule has 0 fully saturated rings. The van der Waals surface area contributed by atoms with Crippen LogP contribution in [0.3, 0.4) is 0 Å². The first-order chi connectivity index (χ1) is 13.7. The number of sulfonamides is 1. The second-order valence-electron chi connectivity index (χ2n) is 6.28. The molecule has 0 amide bonds. The molecule has 2 aromatic carbocycles. The molecule has 0 aliphatic rings. The normalized spacial score (nSPS) is 11.5. The van der Waals surface area contributed by atoms with E-state index in [1.165, 1.54) is 22.5 Å². The lowest BCUT2D eigenvalue weighted by molar-refractivity contribution is 0.0474. The Hall–Kier alpha value is -2.22. The van der Waals surface area contributed by atoms with Crippen LogP contribution in [0.5, 0.6) is 0 Å². The molecule has 2 aromatic rings. The average Bonchev–Trinajstić information content (AvgIpc) is 2.72. The number of ketones is 1. The number of hydrogen-bond donors (Lipinski definition) is 0. The first-order valence-corrected chi connectivity index (χ1v) is 11.1. The molecular weight excluding hydrogens is 414 g/mol. The number of hydrogen-bond acceptors (Lipinski definition) is 5. The van der Waals surface area contributed by atoms with Crippen molar-refractivity contribution >= 4 is 33.4 Å². The Balaban J connectivity index is 2.16. The number of nitrogens with zero attached hydrogens (tertiary/aromatic N) is 1. The summed E-state index contributed by atoms with van der Waals surface area (Å²) in [6, 6.07) is 10.9. The second-order valence-corrected chi connectivity index (χ2v) is 8.60. The quantitative estimate of drug-likeness (QED) is 0.438. The van der Waals surface area contributed by atoms with Crippen LogP contribution in [0.1, 0.15) is 47.1 Å². The van der Waals surface area contributed by atoms with Crippen LogP contribution in [0.15, 0.2) is 47.4 Å². The van der Waals surface area contributed by atoms with Crippen molar-refractivity contribution in [2.75, 3.05) is 19.7 Å². The lowest BCUT2D eigenvalue weighted by atomic mass is 10.1. The van der Waals surface area contributed by atoms with Crippen LogP contribution < -0.4 is 0 Å². The monoisotopic (exact) mass is 437 g/mol. The molecule has 0 aromatic heterocycles. The van der Waals surface area contributed by atoms with E-state index < -0.39 is 22.6 Å². The maximum Gasteiger partial charge on any atom is 0.338 e. The first kappa shape index (κ1) is 23.1. The predicted molar refractivity (Wildman–Crippen MR) is 112 cm³/mol. The lowest BCUT2D eigenvalue weighted by Crippen LogP contribution is -2.31. The van der Waals surface area contributed by atoms with E-state index >= 15 is 0 Å². The Morgan fingerprint density at radius 3 is 2.10 bits per heavy atom. The third kappa shape index (κ3) is 5.44. The molecule has 0 saturated heterocycles. The third-order valence-electron chi connectivity index (χ3n) is 4.51. The molecule has 0 N–H and O–H groups in total. The van der Waals surface area contributed by atoms with Crippen molar-refractivity contribution in [2.45, 2.75) is 32.1 Å². The number of Topliss-reactive ketones (excluding diaryl/α,β-unsaturated/α-hetero) is 1. The number of aryl methyl sites for hydroxylation is 1. The summed E-state index contributed by atoms with van der Waals surface area (Å²) >= 11 is 6.06. The fourth-order valence-corrected chi connectivity index (χ4v) is 4.71. The Bertz CT molecular complexity index is 983. The molecule has 0 bridgehead atoms. The standard InChI is InChI=1S/C21H24ClNO5S/c1-4-15-7-9-16(10-8-15)19(24)14-28-21(25)17-11-12-18(22)20(13-17)29(26,27)23(5-2)6-3/h7-13H,4-6,14H2,1-3H3. The molecule has 0 saturated carbocycles. The Labute approximate surface area is 176 Å². The number of esters is 1. The minimum absolute atomic E-state index is 0.00858. The summed E-state index contributed by atoms with van der Waals surface area (Å²) in [6.07, 6.45) is 0.860. The summed E-state index contributed by atoms with van der Waals surface area (Å²) in [6.45, 7) is 5.55. The van der Waals surface area contributed by atoms with E-state index in [-0.39, 0.29) is 34.4 Å². The van der Waals surface area contributed by atoms with Gasteiger partial charge >= 0.3 is 5.97 Å². The SMILES string of the molecule is CCc1ccc(C(=O)COC(=O)c2ccc(Cl)c(S(=O)(=O)N(CC)CC)c2)cc1. The van der Waals surface area contributed by atoms with Gasteiger partial charge in [-0.3, -0.25) is 4.79 Å². The molecule has 0 radical (unpaired) electrons. The van der Waals surface area contributed by atoms with Gasteiger partial charge in [0.05, 0.1) is 10.6 Å². The average molecular weight is 438 g/mol. The third-order valence-corrected chi connectivity index (χ3v) is 7.04. The highest BCUT2D eigenvalue weighted by Gasteiger charge is 2.26. The summed E-state index contributed by atoms with van der Waals surface area (Å²) < 4.78 is 31.8. The summed E-state index contributed by atoms with van der Waals surface area (Å²) in [4.78, 5) is 24.4. The molecule has 0 aliphatic heterocycles. The van der Waals surface area contributed by atoms with E-state index in [0.717, 1.165) is 12.0 Å². The molecule has 6 nitrogen and oxygen atoms in total. The number of ether oxygens (including phenoxy) is 1. The Kier molecular flexibility index (Phi) is 7.96. The van der Waals surface area contributed by atoms with E-state index in [1.54, 1.807) is 26.0 Å². The molecule has 0 spiro atoms. The summed E-state index contributed by atoms with van der Waals surface area (Å²) in [5, 5.41) is 0.0144. The molecule has 0 aliphatic carbocycles. The molecule has 156 valence electrons. The molecule has 8 heteroatoms. The zero-order valence-corrected chi connectivity index (χ0v) is 18.2. The lowest BCUT2D eigenvalue weighted by Gasteiger charge is -2.19. The smallest absolute Gasteiger partial charge is 0.338 e. The highest BCUT2D eigenvalue weighted by Crippen LogP contribution is 2.26. The number of carbonyl (C=O) groups is 2. The van der Waals surface area contributed by atoms with Crippen LogP contribution in [-0.4, -0.2) is 44.2 Å². The highest BCUT2D eigenvalue weighted by molar-refractivity contribution is 7.89. The number of rotatable bonds is 9. The topological polar surface area (TPSA) is 80.8 Å². The minimum atomic E-state index is -3.84. The van der Waals surface area contributed by atoms with Gasteiger partial charge in [0.2, 0.25) is 10.0 Å². The molecule has 0 atom stereocenters. The largest absolute Gasteiger partial charge is 0.454 e. The predicted octanol–water partition coefficient (Wildman–Crippen LogP) is 3.97. The van der Waals surface area contributed by atoms with Gasteiger partial charge < -0.3 is 4.74 Å². The van der Waals surface area contributed by atoms with Gasteiger partial charge in [-0.25, -0.2) is 13.2 Å². The number of benzene rings is 2. The van der Waals surface area contributed by atoms with Crippen molar-refractivity contribution in [3.8, 4) is 0 Å². The van der Waals surface area contributed by atoms with Gasteiger partial charge in [0, 0.05) is 18.7 Å². The van der Waals surface area contributed by atoms with Crippen LogP contribution in [0.2, 0.25) is 5.02 Å². The van der Waals surface area contributed by atoms with Gasteiger partial charge in [-0.2, -0.15) is 4.31 Å². The zero-order chi connectivity index (χ0) is 21.6. The van der Waals surface area contributed by atoms with Crippen molar-refractivity contribution in [2.24, 2.45) is 0 Å². The van der Waals surface area contributed by atoms with Crippen molar-refractivity contribution in [1.82, 2.24) is 4.31 Å². The van der Waals surface area contributed by atoms with Gasteiger partial charge in [0.15, 0.2) is 12.4 Å². The van der Waals surface area contributed by atoms with Gasteiger partial charge in [0.25, 0.3) is 0 Å². The summed E-state index contributed by atoms with van der Waals surface area (Å²) in [5.41, 5.74) is 1.55. The van der Waals surface area contributed by atoms with Crippen molar-refractivity contribution in [1.29, 1.82) is 0 Å². The Morgan fingerprint density at radius 1 is 0.966 bits per heavy atom. The van der Waals surface area contributed by atoms with Crippen LogP contribution in [0.25, 0.3) is 0 Å². The molecular formula is C21H24ClNO5S. The fraction of sp³-hybridized carbons (Fsp3) is 0.333. The van der Waals surface area contributed by atoms with Gasteiger partial charge in [-0.15, -0.1) is 0 Å². The van der Waals surface area contributed by atoms with Gasteiger partial charge in [0.1, 0.15) is 4.90 Å². The maximum atomic E-state index is 12.7. The molecule has 2 rings (SSSR count). The number of carbonyl (C=O) groups excluding carboxylic acids is 2. The minimum Gasteiger partial charge on any atom is -0.454 e. The van der Waals surface area contributed by atoms with Gasteiger partial charge in [-0.05, 0) is 30.2 Å². The number of halogens is 1. The zero-order valence-electron chi connectivity index (χ0n) is 16.6. The maximum absolute atomic E-state index is 12.7.